The van der Waals surface area contributed by atoms with Gasteiger partial charge in [0.1, 0.15) is 18.4 Å². The molecule has 0 aliphatic carbocycles. The maximum Gasteiger partial charge on any atom is 0.408 e. The van der Waals surface area contributed by atoms with E-state index in [1.165, 1.54) is 0 Å². The van der Waals surface area contributed by atoms with Crippen LogP contribution < -0.4 is 20.7 Å². The first-order chi connectivity index (χ1) is 18.7. The molecule has 0 spiro atoms. The third-order valence-corrected chi connectivity index (χ3v) is 5.63. The molecule has 3 rings (SSSR count). The minimum atomic E-state index is -0.964. The molecule has 2 aromatic rings. The molecule has 2 atom stereocenters. The number of ether oxygens (including phenoxy) is 4. The van der Waals surface area contributed by atoms with Gasteiger partial charge in [0.25, 0.3) is 5.91 Å². The lowest BCUT2D eigenvalue weighted by atomic mass is 10.0. The topological polar surface area (TPSA) is 141 Å². The Morgan fingerprint density at radius 2 is 1.79 bits per heavy atom. The number of amides is 3. The highest BCUT2D eigenvalue weighted by Gasteiger charge is 2.29. The van der Waals surface area contributed by atoms with E-state index in [0.29, 0.717) is 36.4 Å². The van der Waals surface area contributed by atoms with Crippen molar-refractivity contribution in [2.45, 2.75) is 64.9 Å². The normalized spacial score (nSPS) is 14.8. The monoisotopic (exact) mass is 541 g/mol. The van der Waals surface area contributed by atoms with Gasteiger partial charge < -0.3 is 34.9 Å². The van der Waals surface area contributed by atoms with Gasteiger partial charge in [-0.3, -0.25) is 4.79 Å². The third kappa shape index (κ3) is 9.51. The van der Waals surface area contributed by atoms with Gasteiger partial charge in [0, 0.05) is 13.0 Å². The molecule has 0 fully saturated rings. The highest BCUT2D eigenvalue weighted by molar-refractivity contribution is 5.97. The summed E-state index contributed by atoms with van der Waals surface area (Å²) in [6.45, 7) is 5.76. The fourth-order valence-corrected chi connectivity index (χ4v) is 3.83. The lowest BCUT2D eigenvalue weighted by Crippen LogP contribution is -2.44. The van der Waals surface area contributed by atoms with E-state index in [0.717, 1.165) is 5.56 Å². The van der Waals surface area contributed by atoms with Crippen molar-refractivity contribution in [3.8, 4) is 5.75 Å². The fourth-order valence-electron chi connectivity index (χ4n) is 3.83. The summed E-state index contributed by atoms with van der Waals surface area (Å²) in [7, 11) is 0. The quantitative estimate of drug-likeness (QED) is 0.210. The Balaban J connectivity index is 1.49. The summed E-state index contributed by atoms with van der Waals surface area (Å²) in [5.41, 5.74) is 2.03. The molecule has 1 aliphatic heterocycles. The average molecular weight is 542 g/mol. The van der Waals surface area contributed by atoms with Crippen molar-refractivity contribution in [2.24, 2.45) is 0 Å². The van der Waals surface area contributed by atoms with Gasteiger partial charge in [-0.1, -0.05) is 36.4 Å². The van der Waals surface area contributed by atoms with E-state index in [2.05, 4.69) is 16.0 Å². The first kappa shape index (κ1) is 29.3. The SMILES string of the molecule is CCOC(=O)[C@H](Cc1ccc2c(c1)NC(=O)[C@@H](CCCNC(=O)OCc1ccccc1)O2)NC(=O)OC(C)C. The lowest BCUT2D eigenvalue weighted by Gasteiger charge is -2.26. The van der Waals surface area contributed by atoms with Gasteiger partial charge in [0.2, 0.25) is 0 Å². The maximum atomic E-state index is 12.6. The number of alkyl carbamates (subject to hydrolysis) is 2. The van der Waals surface area contributed by atoms with Crippen molar-refractivity contribution in [2.75, 3.05) is 18.5 Å². The zero-order chi connectivity index (χ0) is 28.2. The zero-order valence-electron chi connectivity index (χ0n) is 22.4. The molecule has 210 valence electrons. The second-order valence-electron chi connectivity index (χ2n) is 9.16. The van der Waals surface area contributed by atoms with Gasteiger partial charge in [0.05, 0.1) is 18.4 Å². The summed E-state index contributed by atoms with van der Waals surface area (Å²) in [5, 5.41) is 8.03. The second-order valence-corrected chi connectivity index (χ2v) is 9.16. The smallest absolute Gasteiger partial charge is 0.408 e. The van der Waals surface area contributed by atoms with Crippen molar-refractivity contribution in [3.05, 3.63) is 59.7 Å². The van der Waals surface area contributed by atoms with Gasteiger partial charge >= 0.3 is 18.2 Å². The van der Waals surface area contributed by atoms with E-state index in [9.17, 15) is 19.2 Å². The molecule has 0 radical (unpaired) electrons. The zero-order valence-corrected chi connectivity index (χ0v) is 22.4. The predicted molar refractivity (Wildman–Crippen MR) is 142 cm³/mol. The van der Waals surface area contributed by atoms with Gasteiger partial charge in [-0.05, 0) is 56.9 Å². The van der Waals surface area contributed by atoms with Crippen molar-refractivity contribution in [1.29, 1.82) is 0 Å². The van der Waals surface area contributed by atoms with E-state index >= 15 is 0 Å². The molecule has 3 amide bonds. The molecule has 1 heterocycles. The number of carbonyl (C=O) groups is 4. The average Bonchev–Trinajstić information content (AvgIpc) is 2.90. The first-order valence-corrected chi connectivity index (χ1v) is 12.9. The van der Waals surface area contributed by atoms with Gasteiger partial charge in [0.15, 0.2) is 6.10 Å². The van der Waals surface area contributed by atoms with Crippen LogP contribution in [0.25, 0.3) is 0 Å². The van der Waals surface area contributed by atoms with Crippen molar-refractivity contribution in [3.63, 3.8) is 0 Å². The standard InChI is InChI=1S/C28H35N3O8/c1-4-36-26(33)22(31-28(35)38-18(2)3)16-20-12-13-23-21(15-20)30-25(32)24(39-23)11-8-14-29-27(34)37-17-19-9-6-5-7-10-19/h5-7,9-10,12-13,15,18,22,24H,4,8,11,14,16-17H2,1-3H3,(H,29,34)(H,30,32)(H,31,35)/t22-,24+/m0/s1. The summed E-state index contributed by atoms with van der Waals surface area (Å²) in [6, 6.07) is 13.5. The van der Waals surface area contributed by atoms with E-state index in [1.54, 1.807) is 39.0 Å². The summed E-state index contributed by atoms with van der Waals surface area (Å²) in [4.78, 5) is 49.0. The molecular formula is C28H35N3O8. The highest BCUT2D eigenvalue weighted by Crippen LogP contribution is 2.32. The highest BCUT2D eigenvalue weighted by atomic mass is 16.6. The van der Waals surface area contributed by atoms with Crippen LogP contribution in [-0.2, 0) is 36.8 Å². The number of benzene rings is 2. The van der Waals surface area contributed by atoms with E-state index < -0.39 is 30.3 Å². The summed E-state index contributed by atoms with van der Waals surface area (Å²) < 4.78 is 21.2. The molecule has 0 saturated heterocycles. The Hall–Kier alpha value is -4.28. The van der Waals surface area contributed by atoms with Crippen molar-refractivity contribution < 1.29 is 38.1 Å². The molecule has 0 aromatic heterocycles. The van der Waals surface area contributed by atoms with Crippen LogP contribution in [0, 0.1) is 0 Å². The van der Waals surface area contributed by atoms with Crippen LogP contribution in [0.15, 0.2) is 48.5 Å². The Morgan fingerprint density at radius 3 is 2.51 bits per heavy atom. The summed E-state index contributed by atoms with van der Waals surface area (Å²) in [6.07, 6.45) is -1.29. The maximum absolute atomic E-state index is 12.6. The fraction of sp³-hybridized carbons (Fsp3) is 0.429. The molecule has 39 heavy (non-hydrogen) atoms. The van der Waals surface area contributed by atoms with Gasteiger partial charge in [-0.25, -0.2) is 14.4 Å². The number of hydrogen-bond donors (Lipinski definition) is 3. The molecule has 3 N–H and O–H groups in total. The van der Waals surface area contributed by atoms with Crippen LogP contribution in [0.2, 0.25) is 0 Å². The second kappa shape index (κ2) is 14.6. The molecule has 2 aromatic carbocycles. The summed E-state index contributed by atoms with van der Waals surface area (Å²) in [5.74, 6) is -0.417. The van der Waals surface area contributed by atoms with Crippen LogP contribution in [0.1, 0.15) is 44.7 Å². The van der Waals surface area contributed by atoms with E-state index in [-0.39, 0.29) is 31.6 Å². The minimum Gasteiger partial charge on any atom is -0.478 e. The molecule has 0 unspecified atom stereocenters. The number of rotatable bonds is 12. The molecule has 0 bridgehead atoms. The molecule has 11 nitrogen and oxygen atoms in total. The number of carbonyl (C=O) groups excluding carboxylic acids is 4. The molecule has 0 saturated carbocycles. The van der Waals surface area contributed by atoms with Crippen LogP contribution in [0.4, 0.5) is 15.3 Å². The van der Waals surface area contributed by atoms with E-state index in [4.69, 9.17) is 18.9 Å². The predicted octanol–water partition coefficient (Wildman–Crippen LogP) is 3.70. The van der Waals surface area contributed by atoms with Gasteiger partial charge in [-0.2, -0.15) is 0 Å². The van der Waals surface area contributed by atoms with Crippen molar-refractivity contribution in [1.82, 2.24) is 10.6 Å². The van der Waals surface area contributed by atoms with Crippen LogP contribution >= 0.6 is 0 Å². The largest absolute Gasteiger partial charge is 0.478 e. The number of fused-ring (bicyclic) bond motifs is 1. The third-order valence-electron chi connectivity index (χ3n) is 5.63. The first-order valence-electron chi connectivity index (χ1n) is 12.9. The molecule has 11 heteroatoms. The number of nitrogens with one attached hydrogen (secondary N) is 3. The van der Waals surface area contributed by atoms with Gasteiger partial charge in [-0.15, -0.1) is 0 Å². The van der Waals surface area contributed by atoms with E-state index in [1.807, 2.05) is 30.3 Å². The number of hydrogen-bond acceptors (Lipinski definition) is 8. The Bertz CT molecular complexity index is 1140. The summed E-state index contributed by atoms with van der Waals surface area (Å²) >= 11 is 0. The Morgan fingerprint density at radius 1 is 1.03 bits per heavy atom. The van der Waals surface area contributed by atoms with Crippen LogP contribution in [0.5, 0.6) is 5.75 Å². The molecular weight excluding hydrogens is 506 g/mol. The Kier molecular flexibility index (Phi) is 11.0. The lowest BCUT2D eigenvalue weighted by molar-refractivity contribution is -0.145. The number of esters is 1. The number of anilines is 1. The Labute approximate surface area is 227 Å². The van der Waals surface area contributed by atoms with Crippen LogP contribution in [-0.4, -0.2) is 55.5 Å². The van der Waals surface area contributed by atoms with Crippen LogP contribution in [0.3, 0.4) is 0 Å². The minimum absolute atomic E-state index is 0.130. The molecule has 1 aliphatic rings. The van der Waals surface area contributed by atoms with Crippen molar-refractivity contribution >= 4 is 29.8 Å².